The van der Waals surface area contributed by atoms with E-state index in [0.717, 1.165) is 0 Å². The maximum atomic E-state index is 12.1. The Bertz CT molecular complexity index is 788. The Labute approximate surface area is 140 Å². The zero-order chi connectivity index (χ0) is 17.4. The number of carbonyl (C=O) groups excluding carboxylic acids is 2. The first kappa shape index (κ1) is 17.0. The Hall–Kier alpha value is -3.40. The highest BCUT2D eigenvalue weighted by molar-refractivity contribution is 5.94. The second kappa shape index (κ2) is 8.29. The molecular formula is C20H16O4. The van der Waals surface area contributed by atoms with Gasteiger partial charge in [0.1, 0.15) is 0 Å². The summed E-state index contributed by atoms with van der Waals surface area (Å²) >= 11 is 0. The van der Waals surface area contributed by atoms with Crippen molar-refractivity contribution in [3.8, 4) is 11.5 Å². The second-order valence-electron chi connectivity index (χ2n) is 4.65. The molecule has 0 amide bonds. The van der Waals surface area contributed by atoms with Crippen molar-refractivity contribution in [1.82, 2.24) is 0 Å². The first-order chi connectivity index (χ1) is 11.7. The minimum absolute atomic E-state index is 0.142. The van der Waals surface area contributed by atoms with Gasteiger partial charge >= 0.3 is 11.9 Å². The Kier molecular flexibility index (Phi) is 5.86. The van der Waals surface area contributed by atoms with Crippen LogP contribution in [0.25, 0.3) is 0 Å². The van der Waals surface area contributed by atoms with Gasteiger partial charge in [0.15, 0.2) is 11.5 Å². The predicted molar refractivity (Wildman–Crippen MR) is 92.0 cm³/mol. The van der Waals surface area contributed by atoms with E-state index in [-0.39, 0.29) is 17.1 Å². The molecule has 0 N–H and O–H groups in total. The largest absolute Gasteiger partial charge is 0.419 e. The number of carbonyl (C=O) groups is 2. The smallest absolute Gasteiger partial charge is 0.343 e. The lowest BCUT2D eigenvalue weighted by atomic mass is 10.2. The van der Waals surface area contributed by atoms with Crippen LogP contribution in [-0.4, -0.2) is 11.9 Å². The molecule has 0 aliphatic carbocycles. The third-order valence-electron chi connectivity index (χ3n) is 3.02. The molecule has 0 aliphatic rings. The number of para-hydroxylation sites is 2. The fourth-order valence-electron chi connectivity index (χ4n) is 1.86. The molecule has 2 aromatic carbocycles. The third kappa shape index (κ3) is 4.30. The second-order valence-corrected chi connectivity index (χ2v) is 4.65. The van der Waals surface area contributed by atoms with Crippen LogP contribution in [0.3, 0.4) is 0 Å². The molecule has 24 heavy (non-hydrogen) atoms. The van der Waals surface area contributed by atoms with Crippen molar-refractivity contribution in [3.05, 3.63) is 97.1 Å². The van der Waals surface area contributed by atoms with E-state index in [1.165, 1.54) is 18.2 Å². The molecule has 0 radical (unpaired) electrons. The van der Waals surface area contributed by atoms with Crippen LogP contribution in [-0.2, 0) is 4.79 Å². The summed E-state index contributed by atoms with van der Waals surface area (Å²) in [5.41, 5.74) is 0.645. The van der Waals surface area contributed by atoms with Crippen molar-refractivity contribution in [2.75, 3.05) is 0 Å². The van der Waals surface area contributed by atoms with Crippen LogP contribution >= 0.6 is 0 Å². The van der Waals surface area contributed by atoms with Gasteiger partial charge in [-0.2, -0.15) is 0 Å². The summed E-state index contributed by atoms with van der Waals surface area (Å²) in [6.07, 6.45) is 4.30. The van der Waals surface area contributed by atoms with Gasteiger partial charge in [-0.25, -0.2) is 9.59 Å². The van der Waals surface area contributed by atoms with Crippen LogP contribution in [0.15, 0.2) is 91.6 Å². The highest BCUT2D eigenvalue weighted by Gasteiger charge is 2.15. The van der Waals surface area contributed by atoms with Gasteiger partial charge in [-0.05, 0) is 30.3 Å². The lowest BCUT2D eigenvalue weighted by molar-refractivity contribution is -0.129. The third-order valence-corrected chi connectivity index (χ3v) is 3.02. The average Bonchev–Trinajstić information content (AvgIpc) is 2.62. The minimum atomic E-state index is -0.617. The van der Waals surface area contributed by atoms with Crippen LogP contribution in [0.4, 0.5) is 0 Å². The van der Waals surface area contributed by atoms with E-state index in [9.17, 15) is 9.59 Å². The Morgan fingerprint density at radius 3 is 2.00 bits per heavy atom. The molecule has 0 bridgehead atoms. The molecule has 0 atom stereocenters. The van der Waals surface area contributed by atoms with E-state index < -0.39 is 11.9 Å². The molecule has 0 saturated carbocycles. The molecule has 0 aromatic heterocycles. The predicted octanol–water partition coefficient (Wildman–Crippen LogP) is 4.11. The molecule has 0 unspecified atom stereocenters. The SMILES string of the molecule is C=C/C=C(\C=C)C(=O)Oc1ccccc1OC(=O)c1ccccc1. The van der Waals surface area contributed by atoms with Gasteiger partial charge in [0.05, 0.1) is 11.1 Å². The summed E-state index contributed by atoms with van der Waals surface area (Å²) in [6, 6.07) is 15.0. The lowest BCUT2D eigenvalue weighted by Crippen LogP contribution is -2.13. The molecule has 4 heteroatoms. The number of hydrogen-bond donors (Lipinski definition) is 0. The van der Waals surface area contributed by atoms with Crippen LogP contribution in [0.5, 0.6) is 11.5 Å². The number of ether oxygens (including phenoxy) is 2. The van der Waals surface area contributed by atoms with E-state index in [1.54, 1.807) is 54.6 Å². The van der Waals surface area contributed by atoms with E-state index in [4.69, 9.17) is 9.47 Å². The zero-order valence-electron chi connectivity index (χ0n) is 13.0. The zero-order valence-corrected chi connectivity index (χ0v) is 13.0. The van der Waals surface area contributed by atoms with Crippen LogP contribution in [0.1, 0.15) is 10.4 Å². The van der Waals surface area contributed by atoms with Gasteiger partial charge in [-0.15, -0.1) is 0 Å². The van der Waals surface area contributed by atoms with Crippen molar-refractivity contribution in [2.24, 2.45) is 0 Å². The van der Waals surface area contributed by atoms with Crippen molar-refractivity contribution in [1.29, 1.82) is 0 Å². The molecule has 0 saturated heterocycles. The molecular weight excluding hydrogens is 304 g/mol. The Morgan fingerprint density at radius 2 is 1.42 bits per heavy atom. The number of esters is 2. The number of benzene rings is 2. The Balaban J connectivity index is 2.20. The van der Waals surface area contributed by atoms with E-state index >= 15 is 0 Å². The molecule has 0 fully saturated rings. The van der Waals surface area contributed by atoms with Crippen molar-refractivity contribution in [2.45, 2.75) is 0 Å². The summed E-state index contributed by atoms with van der Waals surface area (Å²) in [4.78, 5) is 24.2. The van der Waals surface area contributed by atoms with Crippen molar-refractivity contribution < 1.29 is 19.1 Å². The van der Waals surface area contributed by atoms with Gasteiger partial charge in [-0.1, -0.05) is 55.6 Å². The fourth-order valence-corrected chi connectivity index (χ4v) is 1.86. The van der Waals surface area contributed by atoms with Gasteiger partial charge in [0.25, 0.3) is 0 Å². The van der Waals surface area contributed by atoms with Gasteiger partial charge in [0.2, 0.25) is 0 Å². The maximum Gasteiger partial charge on any atom is 0.343 e. The number of allylic oxidation sites excluding steroid dienone is 2. The first-order valence-electron chi connectivity index (χ1n) is 7.19. The summed E-state index contributed by atoms with van der Waals surface area (Å²) in [7, 11) is 0. The molecule has 0 spiro atoms. The first-order valence-corrected chi connectivity index (χ1v) is 7.19. The highest BCUT2D eigenvalue weighted by atomic mass is 16.6. The van der Waals surface area contributed by atoms with E-state index in [1.807, 2.05) is 0 Å². The molecule has 0 aliphatic heterocycles. The van der Waals surface area contributed by atoms with Gasteiger partial charge in [0, 0.05) is 0 Å². The van der Waals surface area contributed by atoms with Gasteiger partial charge in [-0.3, -0.25) is 0 Å². The topological polar surface area (TPSA) is 52.6 Å². The van der Waals surface area contributed by atoms with Crippen LogP contribution in [0.2, 0.25) is 0 Å². The summed E-state index contributed by atoms with van der Waals surface area (Å²) in [5.74, 6) is -0.858. The highest BCUT2D eigenvalue weighted by Crippen LogP contribution is 2.28. The maximum absolute atomic E-state index is 12.1. The molecule has 2 rings (SSSR count). The monoisotopic (exact) mass is 320 g/mol. The van der Waals surface area contributed by atoms with E-state index in [2.05, 4.69) is 13.2 Å². The quantitative estimate of drug-likeness (QED) is 0.348. The van der Waals surface area contributed by atoms with Crippen LogP contribution in [0, 0.1) is 0 Å². The molecule has 120 valence electrons. The van der Waals surface area contributed by atoms with Crippen molar-refractivity contribution in [3.63, 3.8) is 0 Å². The normalized spacial score (nSPS) is 10.6. The minimum Gasteiger partial charge on any atom is -0.419 e. The van der Waals surface area contributed by atoms with Crippen LogP contribution < -0.4 is 9.47 Å². The average molecular weight is 320 g/mol. The Morgan fingerprint density at radius 1 is 0.833 bits per heavy atom. The number of rotatable bonds is 6. The van der Waals surface area contributed by atoms with Crippen molar-refractivity contribution >= 4 is 11.9 Å². The molecule has 0 heterocycles. The summed E-state index contributed by atoms with van der Waals surface area (Å²) in [5, 5.41) is 0. The standard InChI is InChI=1S/C20H16O4/c1-3-10-15(4-2)19(21)23-17-13-8-9-14-18(17)24-20(22)16-11-6-5-7-12-16/h3-14H,1-2H2/b15-10+. The van der Waals surface area contributed by atoms with Gasteiger partial charge < -0.3 is 9.47 Å². The fraction of sp³-hybridized carbons (Fsp3) is 0. The molecule has 2 aromatic rings. The lowest BCUT2D eigenvalue weighted by Gasteiger charge is -2.10. The summed E-state index contributed by atoms with van der Waals surface area (Å²) < 4.78 is 10.6. The van der Waals surface area contributed by atoms with E-state index in [0.29, 0.717) is 5.56 Å². The molecule has 4 nitrogen and oxygen atoms in total. The summed E-state index contributed by atoms with van der Waals surface area (Å²) in [6.45, 7) is 7.08. The number of hydrogen-bond acceptors (Lipinski definition) is 4.